The highest BCUT2D eigenvalue weighted by Crippen LogP contribution is 2.45. The molecule has 0 saturated heterocycles. The summed E-state index contributed by atoms with van der Waals surface area (Å²) >= 11 is 1.34. The molecule has 98 valence electrons. The van der Waals surface area contributed by atoms with Crippen molar-refractivity contribution in [3.8, 4) is 0 Å². The molecule has 5 heteroatoms. The Kier molecular flexibility index (Phi) is 8.00. The van der Waals surface area contributed by atoms with Gasteiger partial charge in [0.1, 0.15) is 0 Å². The van der Waals surface area contributed by atoms with E-state index in [0.29, 0.717) is 18.2 Å². The van der Waals surface area contributed by atoms with Crippen molar-refractivity contribution in [1.29, 1.82) is 0 Å². The van der Waals surface area contributed by atoms with Crippen molar-refractivity contribution in [1.82, 2.24) is 4.90 Å². The van der Waals surface area contributed by atoms with Crippen LogP contribution in [0.2, 0.25) is 0 Å². The minimum absolute atomic E-state index is 0.542. The second-order valence-electron chi connectivity index (χ2n) is 4.65. The van der Waals surface area contributed by atoms with Crippen LogP contribution in [0.3, 0.4) is 0 Å². The zero-order chi connectivity index (χ0) is 12.8. The molecule has 16 heavy (non-hydrogen) atoms. The maximum atomic E-state index is 11.6. The van der Waals surface area contributed by atoms with Gasteiger partial charge in [0.2, 0.25) is 7.37 Å². The zero-order valence-electron chi connectivity index (χ0n) is 11.4. The van der Waals surface area contributed by atoms with Gasteiger partial charge < -0.3 is 0 Å². The van der Waals surface area contributed by atoms with E-state index in [2.05, 4.69) is 32.6 Å². The van der Waals surface area contributed by atoms with Crippen molar-refractivity contribution in [2.24, 2.45) is 0 Å². The Morgan fingerprint density at radius 3 is 2.12 bits per heavy atom. The van der Waals surface area contributed by atoms with E-state index < -0.39 is 7.37 Å². The van der Waals surface area contributed by atoms with E-state index in [0.717, 1.165) is 12.3 Å². The fourth-order valence-corrected chi connectivity index (χ4v) is 3.35. The molecule has 1 atom stereocenters. The molecule has 1 unspecified atom stereocenters. The standard InChI is InChI=1S/C11H26NO2PS/c1-7-15(6,13)14-16-9-8-12(10(2)3)11(4)5/h10-11H,7-9H2,1-6H3. The molecule has 0 bridgehead atoms. The van der Waals surface area contributed by atoms with Crippen LogP contribution in [0, 0.1) is 0 Å². The van der Waals surface area contributed by atoms with Gasteiger partial charge >= 0.3 is 0 Å². The van der Waals surface area contributed by atoms with Crippen LogP contribution in [0.25, 0.3) is 0 Å². The Morgan fingerprint density at radius 2 is 1.75 bits per heavy atom. The summed E-state index contributed by atoms with van der Waals surface area (Å²) in [5, 5.41) is 0. The van der Waals surface area contributed by atoms with Crippen molar-refractivity contribution in [2.75, 3.05) is 25.1 Å². The van der Waals surface area contributed by atoms with E-state index in [-0.39, 0.29) is 0 Å². The van der Waals surface area contributed by atoms with Crippen molar-refractivity contribution in [2.45, 2.75) is 46.7 Å². The predicted octanol–water partition coefficient (Wildman–Crippen LogP) is 3.70. The summed E-state index contributed by atoms with van der Waals surface area (Å²) in [4.78, 5) is 2.41. The lowest BCUT2D eigenvalue weighted by Crippen LogP contribution is -2.38. The summed E-state index contributed by atoms with van der Waals surface area (Å²) in [5.41, 5.74) is 0. The highest BCUT2D eigenvalue weighted by Gasteiger charge is 2.15. The van der Waals surface area contributed by atoms with Gasteiger partial charge in [0, 0.05) is 49.3 Å². The Hall–Kier alpha value is 0.500. The molecule has 0 heterocycles. The van der Waals surface area contributed by atoms with Gasteiger partial charge in [-0.2, -0.15) is 0 Å². The van der Waals surface area contributed by atoms with Crippen molar-refractivity contribution in [3.05, 3.63) is 0 Å². The van der Waals surface area contributed by atoms with Gasteiger partial charge in [0.25, 0.3) is 0 Å². The third kappa shape index (κ3) is 6.95. The van der Waals surface area contributed by atoms with Gasteiger partial charge in [0.15, 0.2) is 0 Å². The van der Waals surface area contributed by atoms with Gasteiger partial charge in [0.05, 0.1) is 0 Å². The van der Waals surface area contributed by atoms with E-state index >= 15 is 0 Å². The molecular formula is C11H26NO2PS. The fourth-order valence-electron chi connectivity index (χ4n) is 1.46. The lowest BCUT2D eigenvalue weighted by atomic mass is 10.2. The third-order valence-electron chi connectivity index (χ3n) is 2.54. The maximum absolute atomic E-state index is 11.6. The molecule has 0 aromatic carbocycles. The molecule has 0 saturated carbocycles. The van der Waals surface area contributed by atoms with Crippen LogP contribution in [-0.2, 0) is 8.54 Å². The summed E-state index contributed by atoms with van der Waals surface area (Å²) in [6.07, 6.45) is 0.609. The first-order chi connectivity index (χ1) is 7.30. The summed E-state index contributed by atoms with van der Waals surface area (Å²) < 4.78 is 17.0. The zero-order valence-corrected chi connectivity index (χ0v) is 13.1. The largest absolute Gasteiger partial charge is 0.298 e. The molecule has 0 rings (SSSR count). The summed E-state index contributed by atoms with van der Waals surface area (Å²) in [6, 6.07) is 1.08. The first kappa shape index (κ1) is 16.5. The van der Waals surface area contributed by atoms with Gasteiger partial charge in [-0.3, -0.25) is 13.4 Å². The molecule has 0 aliphatic carbocycles. The first-order valence-electron chi connectivity index (χ1n) is 5.93. The third-order valence-corrected chi connectivity index (χ3v) is 5.73. The molecule has 0 aliphatic heterocycles. The SMILES string of the molecule is CCP(C)(=O)OSCCN(C(C)C)C(C)C. The minimum atomic E-state index is -2.34. The summed E-state index contributed by atoms with van der Waals surface area (Å²) in [5.74, 6) is 0.869. The molecule has 0 aliphatic rings. The van der Waals surface area contributed by atoms with Gasteiger partial charge in [-0.15, -0.1) is 0 Å². The van der Waals surface area contributed by atoms with E-state index in [1.165, 1.54) is 12.0 Å². The van der Waals surface area contributed by atoms with Crippen LogP contribution < -0.4 is 0 Å². The summed E-state index contributed by atoms with van der Waals surface area (Å²) in [7, 11) is -2.34. The Bertz CT molecular complexity index is 226. The van der Waals surface area contributed by atoms with Crippen molar-refractivity contribution in [3.63, 3.8) is 0 Å². The molecule has 0 radical (unpaired) electrons. The predicted molar refractivity (Wildman–Crippen MR) is 74.6 cm³/mol. The number of hydrogen-bond acceptors (Lipinski definition) is 4. The molecule has 0 aromatic rings. The monoisotopic (exact) mass is 267 g/mol. The van der Waals surface area contributed by atoms with E-state index in [1.54, 1.807) is 6.66 Å². The van der Waals surface area contributed by atoms with E-state index in [4.69, 9.17) is 3.97 Å². The summed E-state index contributed by atoms with van der Waals surface area (Å²) in [6.45, 7) is 13.4. The number of rotatable bonds is 8. The van der Waals surface area contributed by atoms with Crippen molar-refractivity contribution < 1.29 is 8.54 Å². The van der Waals surface area contributed by atoms with E-state index in [9.17, 15) is 4.57 Å². The molecule has 0 aromatic heterocycles. The lowest BCUT2D eigenvalue weighted by molar-refractivity contribution is 0.187. The second kappa shape index (κ2) is 7.75. The molecule has 3 nitrogen and oxygen atoms in total. The second-order valence-corrected chi connectivity index (χ2v) is 8.55. The number of hydrogen-bond donors (Lipinski definition) is 0. The van der Waals surface area contributed by atoms with Gasteiger partial charge in [-0.25, -0.2) is 0 Å². The highest BCUT2D eigenvalue weighted by molar-refractivity contribution is 7.98. The van der Waals surface area contributed by atoms with Crippen LogP contribution in [0.1, 0.15) is 34.6 Å². The van der Waals surface area contributed by atoms with Crippen LogP contribution >= 0.6 is 19.4 Å². The van der Waals surface area contributed by atoms with Crippen LogP contribution in [0.15, 0.2) is 0 Å². The van der Waals surface area contributed by atoms with Gasteiger partial charge in [-0.05, 0) is 27.7 Å². The fraction of sp³-hybridized carbons (Fsp3) is 1.00. The maximum Gasteiger partial charge on any atom is 0.211 e. The average molecular weight is 267 g/mol. The normalized spacial score (nSPS) is 16.1. The molecule has 0 fully saturated rings. The smallest absolute Gasteiger partial charge is 0.211 e. The molecule has 0 N–H and O–H groups in total. The topological polar surface area (TPSA) is 29.5 Å². The Balaban J connectivity index is 3.84. The highest BCUT2D eigenvalue weighted by atomic mass is 32.2. The molecule has 0 amide bonds. The Morgan fingerprint density at radius 1 is 1.25 bits per heavy atom. The minimum Gasteiger partial charge on any atom is -0.298 e. The van der Waals surface area contributed by atoms with Crippen LogP contribution in [0.5, 0.6) is 0 Å². The number of nitrogens with zero attached hydrogens (tertiary/aromatic N) is 1. The van der Waals surface area contributed by atoms with Gasteiger partial charge in [-0.1, -0.05) is 6.92 Å². The molecule has 0 spiro atoms. The lowest BCUT2D eigenvalue weighted by Gasteiger charge is -2.30. The van der Waals surface area contributed by atoms with Crippen LogP contribution in [0.4, 0.5) is 0 Å². The average Bonchev–Trinajstić information content (AvgIpc) is 2.16. The van der Waals surface area contributed by atoms with E-state index in [1.807, 2.05) is 6.92 Å². The quantitative estimate of drug-likeness (QED) is 0.381. The van der Waals surface area contributed by atoms with Crippen molar-refractivity contribution >= 4 is 19.4 Å². The first-order valence-corrected chi connectivity index (χ1v) is 9.10. The Labute approximate surface area is 105 Å². The van der Waals surface area contributed by atoms with Crippen LogP contribution in [-0.4, -0.2) is 42.1 Å². The molecular weight excluding hydrogens is 241 g/mol.